The maximum absolute atomic E-state index is 14.4. The Morgan fingerprint density at radius 2 is 2.06 bits per heavy atom. The molecule has 4 heterocycles. The van der Waals surface area contributed by atoms with E-state index in [-0.39, 0.29) is 28.2 Å². The Labute approximate surface area is 200 Å². The van der Waals surface area contributed by atoms with E-state index in [4.69, 9.17) is 17.3 Å². The number of nitrogens with two attached hydrogens (primary N) is 1. The monoisotopic (exact) mass is 498 g/mol. The first-order valence-electron chi connectivity index (χ1n) is 10.0. The molecule has 5 rings (SSSR count). The smallest absolute Gasteiger partial charge is 0.365 e. The molecule has 35 heavy (non-hydrogen) atoms. The van der Waals surface area contributed by atoms with Crippen molar-refractivity contribution in [1.82, 2.24) is 24.6 Å². The van der Waals surface area contributed by atoms with E-state index in [2.05, 4.69) is 15.4 Å². The van der Waals surface area contributed by atoms with E-state index >= 15 is 0 Å². The summed E-state index contributed by atoms with van der Waals surface area (Å²) in [7, 11) is 1.72. The van der Waals surface area contributed by atoms with Crippen LogP contribution in [-0.4, -0.2) is 31.2 Å². The van der Waals surface area contributed by atoms with Crippen LogP contribution in [0.3, 0.4) is 0 Å². The molecule has 0 bridgehead atoms. The Morgan fingerprint density at radius 1 is 1.29 bits per heavy atom. The lowest BCUT2D eigenvalue weighted by Crippen LogP contribution is -2.22. The number of hydrogen-bond acceptors (Lipinski definition) is 5. The highest BCUT2D eigenvalue weighted by molar-refractivity contribution is 6.35. The molecule has 0 spiro atoms. The first kappa shape index (κ1) is 22.5. The lowest BCUT2D eigenvalue weighted by Gasteiger charge is -2.18. The van der Waals surface area contributed by atoms with Crippen molar-refractivity contribution < 1.29 is 22.8 Å². The largest absolute Gasteiger partial charge is 0.434 e. The molecule has 0 saturated heterocycles. The predicted octanol–water partition coefficient (Wildman–Crippen LogP) is 3.94. The Bertz CT molecular complexity index is 1630. The van der Waals surface area contributed by atoms with Gasteiger partial charge < -0.3 is 15.6 Å². The number of primary amides is 1. The van der Waals surface area contributed by atoms with Gasteiger partial charge in [-0.1, -0.05) is 23.7 Å². The standard InChI is InChI=1S/C23H14ClF3N6O2/c1-32-9-15(24)14-7-11(8-30-22(14)32)19-18(21(28)35)20(23(25,26)27)33(31-19)17-4-2-3-12-13(17)5-6-29-16(12)10-34/h2-9,29H,1H3,(H2,28,35). The number of halogens is 4. The Morgan fingerprint density at radius 3 is 2.74 bits per heavy atom. The number of hydrogen-bond donors (Lipinski definition) is 2. The van der Waals surface area contributed by atoms with Crippen molar-refractivity contribution in [1.29, 1.82) is 0 Å². The number of pyridine rings is 1. The molecular formula is C23H14ClF3N6O2. The van der Waals surface area contributed by atoms with Crippen LogP contribution in [0.15, 0.2) is 42.9 Å². The first-order chi connectivity index (χ1) is 16.6. The minimum atomic E-state index is -5.00. The molecule has 8 nitrogen and oxygen atoms in total. The van der Waals surface area contributed by atoms with E-state index in [1.807, 2.05) is 0 Å². The van der Waals surface area contributed by atoms with Gasteiger partial charge in [-0.05, 0) is 18.2 Å². The first-order valence-corrected chi connectivity index (χ1v) is 10.4. The van der Waals surface area contributed by atoms with Gasteiger partial charge >= 0.3 is 6.18 Å². The summed E-state index contributed by atoms with van der Waals surface area (Å²) in [6.45, 7) is 0. The second-order valence-electron chi connectivity index (χ2n) is 7.72. The van der Waals surface area contributed by atoms with Crippen molar-refractivity contribution in [2.45, 2.75) is 6.18 Å². The summed E-state index contributed by atoms with van der Waals surface area (Å²) >= 11 is 6.25. The van der Waals surface area contributed by atoms with E-state index in [0.717, 1.165) is 0 Å². The van der Waals surface area contributed by atoms with Crippen molar-refractivity contribution in [3.63, 3.8) is 0 Å². The average molecular weight is 499 g/mol. The number of aromatic nitrogens is 4. The molecule has 1 aliphatic heterocycles. The van der Waals surface area contributed by atoms with Crippen molar-refractivity contribution in [2.24, 2.45) is 12.8 Å². The fourth-order valence-electron chi connectivity index (χ4n) is 4.14. The number of nitrogens with zero attached hydrogens (tertiary/aromatic N) is 4. The molecule has 12 heteroatoms. The number of carbonyl (C=O) groups excluding carboxylic acids is 2. The highest BCUT2D eigenvalue weighted by Crippen LogP contribution is 2.40. The van der Waals surface area contributed by atoms with Gasteiger partial charge in [0.25, 0.3) is 5.91 Å². The molecule has 0 radical (unpaired) electrons. The van der Waals surface area contributed by atoms with Gasteiger partial charge in [-0.2, -0.15) is 18.3 Å². The van der Waals surface area contributed by atoms with Crippen molar-refractivity contribution in [3.8, 4) is 16.9 Å². The van der Waals surface area contributed by atoms with E-state index < -0.39 is 23.3 Å². The van der Waals surface area contributed by atoms with Crippen LogP contribution in [0.1, 0.15) is 27.2 Å². The molecule has 0 unspecified atom stereocenters. The molecule has 0 saturated carbocycles. The van der Waals surface area contributed by atoms with Crippen LogP contribution >= 0.6 is 11.6 Å². The summed E-state index contributed by atoms with van der Waals surface area (Å²) in [6.07, 6.45) is 0.796. The Kier molecular flexibility index (Phi) is 5.04. The summed E-state index contributed by atoms with van der Waals surface area (Å²) < 4.78 is 45.4. The Balaban J connectivity index is 1.85. The van der Waals surface area contributed by atoms with Gasteiger partial charge in [0.05, 0.1) is 16.3 Å². The second kappa shape index (κ2) is 7.86. The number of amides is 1. The molecular weight excluding hydrogens is 485 g/mol. The fourth-order valence-corrected chi connectivity index (χ4v) is 4.42. The lowest BCUT2D eigenvalue weighted by molar-refractivity contribution is -0.143. The maximum atomic E-state index is 14.4. The third-order valence-corrected chi connectivity index (χ3v) is 5.90. The van der Waals surface area contributed by atoms with E-state index in [1.54, 1.807) is 29.8 Å². The molecule has 0 fully saturated rings. The highest BCUT2D eigenvalue weighted by Gasteiger charge is 2.43. The zero-order valence-corrected chi connectivity index (χ0v) is 18.6. The minimum absolute atomic E-state index is 0.0131. The fraction of sp³-hybridized carbons (Fsp3) is 0.0870. The number of aryl methyl sites for hydroxylation is 1. The van der Waals surface area contributed by atoms with Crippen LogP contribution in [0.2, 0.25) is 5.02 Å². The number of benzene rings is 1. The number of alkyl halides is 3. The van der Waals surface area contributed by atoms with Crippen LogP contribution in [-0.2, 0) is 18.0 Å². The minimum Gasteiger partial charge on any atom is -0.365 e. The molecule has 1 aromatic carbocycles. The van der Waals surface area contributed by atoms with Crippen molar-refractivity contribution >= 4 is 46.3 Å². The number of carbonyl (C=O) groups is 1. The zero-order valence-electron chi connectivity index (χ0n) is 17.8. The van der Waals surface area contributed by atoms with Gasteiger partial charge in [-0.25, -0.2) is 14.5 Å². The maximum Gasteiger partial charge on any atom is 0.434 e. The van der Waals surface area contributed by atoms with Crippen LogP contribution < -0.4 is 11.1 Å². The van der Waals surface area contributed by atoms with Crippen molar-refractivity contribution in [3.05, 3.63) is 70.3 Å². The lowest BCUT2D eigenvalue weighted by atomic mass is 10.00. The molecule has 0 aliphatic carbocycles. The van der Waals surface area contributed by atoms with E-state index in [1.165, 1.54) is 36.7 Å². The molecule has 1 amide bonds. The number of rotatable bonds is 3. The van der Waals surface area contributed by atoms with Crippen LogP contribution in [0.4, 0.5) is 13.2 Å². The summed E-state index contributed by atoms with van der Waals surface area (Å²) in [5.41, 5.74) is 4.24. The highest BCUT2D eigenvalue weighted by atomic mass is 35.5. The predicted molar refractivity (Wildman–Crippen MR) is 123 cm³/mol. The number of nitrogens with one attached hydrogen (secondary N) is 1. The van der Waals surface area contributed by atoms with Gasteiger partial charge in [0.1, 0.15) is 17.0 Å². The van der Waals surface area contributed by atoms with Crippen LogP contribution in [0.25, 0.3) is 39.8 Å². The second-order valence-corrected chi connectivity index (χ2v) is 8.13. The van der Waals surface area contributed by atoms with Crippen LogP contribution in [0, 0.1) is 0 Å². The van der Waals surface area contributed by atoms with E-state index in [0.29, 0.717) is 26.3 Å². The Hall–Kier alpha value is -4.34. The molecule has 3 N–H and O–H groups in total. The average Bonchev–Trinajstić information content (AvgIpc) is 3.36. The molecule has 0 atom stereocenters. The number of fused-ring (bicyclic) bond motifs is 2. The third-order valence-electron chi connectivity index (χ3n) is 5.60. The van der Waals surface area contributed by atoms with Gasteiger partial charge in [0, 0.05) is 47.7 Å². The van der Waals surface area contributed by atoms with Gasteiger partial charge in [-0.3, -0.25) is 4.79 Å². The summed E-state index contributed by atoms with van der Waals surface area (Å²) in [5, 5.41) is 7.68. The van der Waals surface area contributed by atoms with Gasteiger partial charge in [0.2, 0.25) is 0 Å². The molecule has 3 aromatic heterocycles. The summed E-state index contributed by atoms with van der Waals surface area (Å²) in [5.74, 6) is 0.412. The van der Waals surface area contributed by atoms with Gasteiger partial charge in [-0.15, -0.1) is 0 Å². The molecule has 4 aromatic rings. The van der Waals surface area contributed by atoms with E-state index in [9.17, 15) is 22.8 Å². The third kappa shape index (κ3) is 3.49. The SMILES string of the molecule is Cn1cc(Cl)c2cc(-c3nn(-c4cccc5c4C=CNC5=C=O)c(C(F)(F)F)c3C(N)=O)cnc21. The quantitative estimate of drug-likeness (QED) is 0.416. The van der Waals surface area contributed by atoms with Crippen molar-refractivity contribution in [2.75, 3.05) is 0 Å². The topological polar surface area (TPSA) is 108 Å². The zero-order chi connectivity index (χ0) is 25.1. The van der Waals surface area contributed by atoms with Crippen LogP contribution in [0.5, 0.6) is 0 Å². The molecule has 1 aliphatic rings. The summed E-state index contributed by atoms with van der Waals surface area (Å²) in [6, 6.07) is 5.91. The van der Waals surface area contributed by atoms with Gasteiger partial charge in [0.15, 0.2) is 11.6 Å². The normalized spacial score (nSPS) is 13.0. The molecule has 176 valence electrons. The summed E-state index contributed by atoms with van der Waals surface area (Å²) in [4.78, 5) is 28.0.